The highest BCUT2D eigenvalue weighted by atomic mass is 32.2. The minimum atomic E-state index is 0.0516. The smallest absolute Gasteiger partial charge is 0.202 e. The van der Waals surface area contributed by atoms with Crippen molar-refractivity contribution in [2.45, 2.75) is 50.7 Å². The topological polar surface area (TPSA) is 37.8 Å². The van der Waals surface area contributed by atoms with Gasteiger partial charge < -0.3 is 5.32 Å². The van der Waals surface area contributed by atoms with E-state index in [1.54, 1.807) is 0 Å². The van der Waals surface area contributed by atoms with E-state index < -0.39 is 0 Å². The molecule has 0 radical (unpaired) electrons. The summed E-state index contributed by atoms with van der Waals surface area (Å²) >= 11 is 3.57. The van der Waals surface area contributed by atoms with Crippen molar-refractivity contribution in [3.63, 3.8) is 0 Å². The summed E-state index contributed by atoms with van der Waals surface area (Å²) in [6.45, 7) is 7.48. The third kappa shape index (κ3) is 3.85. The number of nitrogens with one attached hydrogen (secondary N) is 1. The lowest BCUT2D eigenvalue weighted by molar-refractivity contribution is 0.555. The molecule has 1 saturated heterocycles. The molecule has 0 aromatic carbocycles. The zero-order valence-electron chi connectivity index (χ0n) is 10.8. The predicted octanol–water partition coefficient (Wildman–Crippen LogP) is 3.53. The predicted molar refractivity (Wildman–Crippen MR) is 77.2 cm³/mol. The van der Waals surface area contributed by atoms with Crippen molar-refractivity contribution in [2.75, 3.05) is 17.6 Å². The number of rotatable bonds is 3. The summed E-state index contributed by atoms with van der Waals surface area (Å²) in [5, 5.41) is 5.16. The van der Waals surface area contributed by atoms with Gasteiger partial charge in [-0.2, -0.15) is 16.1 Å². The Morgan fingerprint density at radius 3 is 2.76 bits per heavy atom. The maximum absolute atomic E-state index is 4.55. The van der Waals surface area contributed by atoms with E-state index in [-0.39, 0.29) is 5.41 Å². The molecule has 1 aromatic rings. The highest BCUT2D eigenvalue weighted by molar-refractivity contribution is 7.99. The molecular weight excluding hydrogens is 250 g/mol. The monoisotopic (exact) mass is 271 g/mol. The summed E-state index contributed by atoms with van der Waals surface area (Å²) in [6.07, 6.45) is 4.10. The largest absolute Gasteiger partial charge is 0.359 e. The molecule has 1 atom stereocenters. The molecule has 1 aliphatic heterocycles. The van der Waals surface area contributed by atoms with Crippen LogP contribution in [0.5, 0.6) is 0 Å². The van der Waals surface area contributed by atoms with Crippen molar-refractivity contribution in [1.29, 1.82) is 0 Å². The van der Waals surface area contributed by atoms with Crippen LogP contribution in [0.15, 0.2) is 0 Å². The number of thioether (sulfide) groups is 1. The lowest BCUT2D eigenvalue weighted by atomic mass is 9.96. The second-order valence-electron chi connectivity index (χ2n) is 5.54. The summed E-state index contributed by atoms with van der Waals surface area (Å²) in [6, 6.07) is 0. The number of hydrogen-bond donors (Lipinski definition) is 1. The van der Waals surface area contributed by atoms with E-state index in [4.69, 9.17) is 0 Å². The second-order valence-corrected chi connectivity index (χ2v) is 7.70. The van der Waals surface area contributed by atoms with Crippen LogP contribution in [0.2, 0.25) is 0 Å². The Labute approximate surface area is 112 Å². The first-order chi connectivity index (χ1) is 8.05. The fraction of sp³-hybridized carbons (Fsp3) is 0.833. The Morgan fingerprint density at radius 1 is 1.35 bits per heavy atom. The molecule has 0 bridgehead atoms. The lowest BCUT2D eigenvalue weighted by Gasteiger charge is -2.21. The SMILES string of the molecule is CC(C)(C)c1nsc(NCC2CCCCS2)n1. The first kappa shape index (κ1) is 13.1. The molecule has 1 unspecified atom stereocenters. The van der Waals surface area contributed by atoms with Gasteiger partial charge in [-0.05, 0) is 18.6 Å². The van der Waals surface area contributed by atoms with Gasteiger partial charge in [0.15, 0.2) is 0 Å². The van der Waals surface area contributed by atoms with Crippen LogP contribution in [0, 0.1) is 0 Å². The van der Waals surface area contributed by atoms with Crippen molar-refractivity contribution >= 4 is 28.4 Å². The minimum Gasteiger partial charge on any atom is -0.359 e. The molecule has 0 spiro atoms. The summed E-state index contributed by atoms with van der Waals surface area (Å²) in [5.41, 5.74) is 0.0516. The summed E-state index contributed by atoms with van der Waals surface area (Å²) in [4.78, 5) is 4.55. The Morgan fingerprint density at radius 2 is 2.18 bits per heavy atom. The van der Waals surface area contributed by atoms with E-state index >= 15 is 0 Å². The molecule has 5 heteroatoms. The second kappa shape index (κ2) is 5.57. The van der Waals surface area contributed by atoms with Gasteiger partial charge in [-0.3, -0.25) is 0 Å². The zero-order valence-corrected chi connectivity index (χ0v) is 12.5. The first-order valence-electron chi connectivity index (χ1n) is 6.25. The van der Waals surface area contributed by atoms with Gasteiger partial charge in [0, 0.05) is 28.7 Å². The Bertz CT molecular complexity index is 351. The number of anilines is 1. The van der Waals surface area contributed by atoms with E-state index in [2.05, 4.69) is 47.2 Å². The number of hydrogen-bond acceptors (Lipinski definition) is 5. The number of aromatic nitrogens is 2. The lowest BCUT2D eigenvalue weighted by Crippen LogP contribution is -2.20. The van der Waals surface area contributed by atoms with Crippen molar-refractivity contribution in [3.8, 4) is 0 Å². The van der Waals surface area contributed by atoms with Crippen molar-refractivity contribution < 1.29 is 0 Å². The van der Waals surface area contributed by atoms with Gasteiger partial charge >= 0.3 is 0 Å². The van der Waals surface area contributed by atoms with Gasteiger partial charge in [0.25, 0.3) is 0 Å². The molecular formula is C12H21N3S2. The molecule has 17 heavy (non-hydrogen) atoms. The third-order valence-electron chi connectivity index (χ3n) is 2.85. The van der Waals surface area contributed by atoms with Gasteiger partial charge in [0.1, 0.15) is 5.82 Å². The van der Waals surface area contributed by atoms with Gasteiger partial charge in [-0.1, -0.05) is 27.2 Å². The first-order valence-corrected chi connectivity index (χ1v) is 8.07. The van der Waals surface area contributed by atoms with Crippen molar-refractivity contribution in [1.82, 2.24) is 9.36 Å². The molecule has 2 rings (SSSR count). The Balaban J connectivity index is 1.84. The Hall–Kier alpha value is -0.290. The fourth-order valence-corrected chi connectivity index (χ4v) is 3.77. The normalized spacial score (nSPS) is 21.5. The quantitative estimate of drug-likeness (QED) is 0.912. The highest BCUT2D eigenvalue weighted by Crippen LogP contribution is 2.26. The number of nitrogens with zero attached hydrogens (tertiary/aromatic N) is 2. The van der Waals surface area contributed by atoms with Crippen LogP contribution in [0.3, 0.4) is 0 Å². The average molecular weight is 271 g/mol. The van der Waals surface area contributed by atoms with E-state index in [0.717, 1.165) is 22.8 Å². The van der Waals surface area contributed by atoms with E-state index in [9.17, 15) is 0 Å². The van der Waals surface area contributed by atoms with Gasteiger partial charge in [-0.25, -0.2) is 4.98 Å². The summed E-state index contributed by atoms with van der Waals surface area (Å²) < 4.78 is 4.41. The Kier molecular flexibility index (Phi) is 4.31. The van der Waals surface area contributed by atoms with Crippen LogP contribution < -0.4 is 5.32 Å². The van der Waals surface area contributed by atoms with Gasteiger partial charge in [0.05, 0.1) is 0 Å². The molecule has 1 N–H and O–H groups in total. The average Bonchev–Trinajstić information content (AvgIpc) is 2.76. The van der Waals surface area contributed by atoms with E-state index in [1.165, 1.54) is 36.5 Å². The van der Waals surface area contributed by atoms with Crippen LogP contribution >= 0.6 is 23.3 Å². The van der Waals surface area contributed by atoms with Crippen LogP contribution in [0.4, 0.5) is 5.13 Å². The molecule has 1 aliphatic rings. The van der Waals surface area contributed by atoms with Crippen LogP contribution in [0.25, 0.3) is 0 Å². The molecule has 0 aliphatic carbocycles. The van der Waals surface area contributed by atoms with E-state index in [0.29, 0.717) is 0 Å². The van der Waals surface area contributed by atoms with Crippen LogP contribution in [-0.2, 0) is 5.41 Å². The van der Waals surface area contributed by atoms with Crippen molar-refractivity contribution in [2.24, 2.45) is 0 Å². The van der Waals surface area contributed by atoms with Crippen LogP contribution in [-0.4, -0.2) is 26.9 Å². The van der Waals surface area contributed by atoms with Gasteiger partial charge in [-0.15, -0.1) is 0 Å². The molecule has 96 valence electrons. The van der Waals surface area contributed by atoms with Crippen molar-refractivity contribution in [3.05, 3.63) is 5.82 Å². The fourth-order valence-electron chi connectivity index (χ4n) is 1.77. The maximum atomic E-state index is 4.55. The zero-order chi connectivity index (χ0) is 12.3. The van der Waals surface area contributed by atoms with Gasteiger partial charge in [0.2, 0.25) is 5.13 Å². The summed E-state index contributed by atoms with van der Waals surface area (Å²) in [7, 11) is 0. The third-order valence-corrected chi connectivity index (χ3v) is 4.92. The molecule has 0 saturated carbocycles. The maximum Gasteiger partial charge on any atom is 0.202 e. The molecule has 2 heterocycles. The molecule has 1 aromatic heterocycles. The molecule has 0 amide bonds. The van der Waals surface area contributed by atoms with E-state index in [1.807, 2.05) is 0 Å². The minimum absolute atomic E-state index is 0.0516. The summed E-state index contributed by atoms with van der Waals surface area (Å²) in [5.74, 6) is 2.26. The van der Waals surface area contributed by atoms with Crippen LogP contribution in [0.1, 0.15) is 45.9 Å². The standard InChI is InChI=1S/C12H21N3S2/c1-12(2,3)10-14-11(17-15-10)13-8-9-6-4-5-7-16-9/h9H,4-8H2,1-3H3,(H,13,14,15). The molecule has 1 fully saturated rings. The molecule has 3 nitrogen and oxygen atoms in total. The highest BCUT2D eigenvalue weighted by Gasteiger charge is 2.20.